The molecule has 1 heterocycles. The number of amides is 1. The van der Waals surface area contributed by atoms with Gasteiger partial charge < -0.3 is 9.73 Å². The number of nitro benzene ring substituents is 1. The van der Waals surface area contributed by atoms with Gasteiger partial charge in [0.15, 0.2) is 5.76 Å². The number of furan rings is 1. The van der Waals surface area contributed by atoms with Gasteiger partial charge in [-0.15, -0.1) is 0 Å². The van der Waals surface area contributed by atoms with E-state index in [-0.39, 0.29) is 22.7 Å². The van der Waals surface area contributed by atoms with Gasteiger partial charge >= 0.3 is 0 Å². The number of nitrogens with zero attached hydrogens (tertiary/aromatic N) is 1. The maximum Gasteiger partial charge on any atom is 0.282 e. The molecule has 0 aliphatic heterocycles. The van der Waals surface area contributed by atoms with Crippen molar-refractivity contribution in [3.63, 3.8) is 0 Å². The number of nitrogens with one attached hydrogen (secondary N) is 1. The summed E-state index contributed by atoms with van der Waals surface area (Å²) in [6.07, 6.45) is 0. The minimum Gasteiger partial charge on any atom is -0.450 e. The predicted molar refractivity (Wildman–Crippen MR) is 112 cm³/mol. The lowest BCUT2D eigenvalue weighted by Gasteiger charge is -2.07. The molecule has 1 N–H and O–H groups in total. The second kappa shape index (κ2) is 7.63. The zero-order valence-corrected chi connectivity index (χ0v) is 15.9. The van der Waals surface area contributed by atoms with Crippen molar-refractivity contribution in [2.75, 3.05) is 5.32 Å². The highest BCUT2D eigenvalue weighted by molar-refractivity contribution is 6.19. The third kappa shape index (κ3) is 3.44. The van der Waals surface area contributed by atoms with Crippen LogP contribution < -0.4 is 5.32 Å². The fraction of sp³-hybridized carbons (Fsp3) is 0.0435. The normalized spacial score (nSPS) is 10.7. The highest BCUT2D eigenvalue weighted by Crippen LogP contribution is 2.33. The summed E-state index contributed by atoms with van der Waals surface area (Å²) in [6.45, 7) is 1.91. The van der Waals surface area contributed by atoms with Crippen LogP contribution in [0.15, 0.2) is 77.2 Å². The zero-order chi connectivity index (χ0) is 21.3. The van der Waals surface area contributed by atoms with E-state index in [2.05, 4.69) is 5.32 Å². The molecule has 0 aliphatic rings. The molecular formula is C23H16N2O5. The molecule has 7 heteroatoms. The zero-order valence-electron chi connectivity index (χ0n) is 15.9. The number of carbonyl (C=O) groups is 2. The number of para-hydroxylation sites is 2. The Kier molecular flexibility index (Phi) is 4.85. The van der Waals surface area contributed by atoms with E-state index in [0.717, 1.165) is 5.56 Å². The molecule has 4 rings (SSSR count). The second-order valence-corrected chi connectivity index (χ2v) is 6.73. The van der Waals surface area contributed by atoms with Crippen molar-refractivity contribution >= 4 is 34.0 Å². The molecule has 0 unspecified atom stereocenters. The lowest BCUT2D eigenvalue weighted by molar-refractivity contribution is -0.385. The third-order valence-electron chi connectivity index (χ3n) is 4.70. The topological polar surface area (TPSA) is 102 Å². The monoisotopic (exact) mass is 400 g/mol. The van der Waals surface area contributed by atoms with Gasteiger partial charge in [-0.25, -0.2) is 0 Å². The summed E-state index contributed by atoms with van der Waals surface area (Å²) in [6, 6.07) is 19.5. The van der Waals surface area contributed by atoms with Crippen molar-refractivity contribution in [3.8, 4) is 0 Å². The first-order valence-corrected chi connectivity index (χ1v) is 9.13. The molecule has 3 aromatic carbocycles. The van der Waals surface area contributed by atoms with Crippen LogP contribution in [0.25, 0.3) is 11.0 Å². The molecule has 4 aromatic rings. The number of aryl methyl sites for hydroxylation is 1. The summed E-state index contributed by atoms with van der Waals surface area (Å²) in [7, 11) is 0. The van der Waals surface area contributed by atoms with Gasteiger partial charge in [0.05, 0.1) is 10.6 Å². The van der Waals surface area contributed by atoms with E-state index in [9.17, 15) is 19.7 Å². The molecule has 30 heavy (non-hydrogen) atoms. The molecule has 0 saturated heterocycles. The quantitative estimate of drug-likeness (QED) is 0.284. The van der Waals surface area contributed by atoms with Crippen LogP contribution in [0.4, 0.5) is 11.4 Å². The first kappa shape index (κ1) is 19.1. The van der Waals surface area contributed by atoms with Gasteiger partial charge in [-0.05, 0) is 25.1 Å². The Morgan fingerprint density at radius 3 is 2.33 bits per heavy atom. The molecule has 1 amide bonds. The first-order chi connectivity index (χ1) is 14.5. The number of benzene rings is 3. The van der Waals surface area contributed by atoms with E-state index >= 15 is 0 Å². The fourth-order valence-electron chi connectivity index (χ4n) is 3.17. The number of carbonyl (C=O) groups excluding carboxylic acids is 2. The Bertz CT molecular complexity index is 1290. The van der Waals surface area contributed by atoms with Crippen LogP contribution in [0.1, 0.15) is 32.0 Å². The molecule has 0 aliphatic carbocycles. The minimum atomic E-state index is -0.702. The smallest absolute Gasteiger partial charge is 0.282 e. The average Bonchev–Trinajstić information content (AvgIpc) is 3.12. The van der Waals surface area contributed by atoms with Gasteiger partial charge in [-0.1, -0.05) is 54.1 Å². The maximum absolute atomic E-state index is 13.1. The first-order valence-electron chi connectivity index (χ1n) is 9.13. The van der Waals surface area contributed by atoms with Crippen LogP contribution in [-0.2, 0) is 0 Å². The molecule has 7 nitrogen and oxygen atoms in total. The van der Waals surface area contributed by atoms with E-state index in [0.29, 0.717) is 16.5 Å². The van der Waals surface area contributed by atoms with Crippen molar-refractivity contribution in [2.24, 2.45) is 0 Å². The van der Waals surface area contributed by atoms with E-state index in [1.165, 1.54) is 24.3 Å². The van der Waals surface area contributed by atoms with Crippen molar-refractivity contribution in [3.05, 3.63) is 105 Å². The van der Waals surface area contributed by atoms with Crippen molar-refractivity contribution in [1.29, 1.82) is 0 Å². The van der Waals surface area contributed by atoms with Gasteiger partial charge in [-0.3, -0.25) is 19.7 Å². The molecular weight excluding hydrogens is 384 g/mol. The maximum atomic E-state index is 13.1. The van der Waals surface area contributed by atoms with Crippen molar-refractivity contribution in [1.82, 2.24) is 0 Å². The highest BCUT2D eigenvalue weighted by Gasteiger charge is 2.26. The lowest BCUT2D eigenvalue weighted by atomic mass is 10.1. The number of fused-ring (bicyclic) bond motifs is 1. The Hall–Kier alpha value is -4.26. The third-order valence-corrected chi connectivity index (χ3v) is 4.70. The van der Waals surface area contributed by atoms with Crippen LogP contribution >= 0.6 is 0 Å². The average molecular weight is 400 g/mol. The number of ketones is 1. The van der Waals surface area contributed by atoms with Gasteiger partial charge in [0.1, 0.15) is 11.1 Å². The Labute approximate surface area is 171 Å². The van der Waals surface area contributed by atoms with E-state index in [4.69, 9.17) is 4.42 Å². The number of anilines is 1. The van der Waals surface area contributed by atoms with Gasteiger partial charge in [0.2, 0.25) is 5.78 Å². The SMILES string of the molecule is Cc1ccc(C(=O)c2oc3ccccc3c2NC(=O)c2ccccc2[N+](=O)[O-])cc1. The number of rotatable bonds is 5. The Morgan fingerprint density at radius 2 is 1.60 bits per heavy atom. The molecule has 0 spiro atoms. The van der Waals surface area contributed by atoms with Gasteiger partial charge in [-0.2, -0.15) is 0 Å². The molecule has 1 aromatic heterocycles. The largest absolute Gasteiger partial charge is 0.450 e. The molecule has 0 radical (unpaired) electrons. The van der Waals surface area contributed by atoms with Crippen LogP contribution in [-0.4, -0.2) is 16.6 Å². The van der Waals surface area contributed by atoms with Crippen molar-refractivity contribution in [2.45, 2.75) is 6.92 Å². The van der Waals surface area contributed by atoms with Gasteiger partial charge in [0.25, 0.3) is 11.6 Å². The summed E-state index contributed by atoms with van der Waals surface area (Å²) in [5, 5.41) is 14.5. The number of hydrogen-bond donors (Lipinski definition) is 1. The summed E-state index contributed by atoms with van der Waals surface area (Å²) in [5.41, 5.74) is 1.57. The molecule has 0 bridgehead atoms. The Balaban J connectivity index is 1.80. The van der Waals surface area contributed by atoms with Gasteiger partial charge in [0, 0.05) is 17.0 Å². The van der Waals surface area contributed by atoms with Crippen LogP contribution in [0, 0.1) is 17.0 Å². The van der Waals surface area contributed by atoms with Crippen molar-refractivity contribution < 1.29 is 18.9 Å². The molecule has 148 valence electrons. The summed E-state index contributed by atoms with van der Waals surface area (Å²) in [4.78, 5) is 36.6. The van der Waals surface area contributed by atoms with Crippen LogP contribution in [0.5, 0.6) is 0 Å². The predicted octanol–water partition coefficient (Wildman–Crippen LogP) is 5.13. The fourth-order valence-corrected chi connectivity index (χ4v) is 3.17. The molecule has 0 saturated carbocycles. The van der Waals surface area contributed by atoms with E-state index in [1.54, 1.807) is 36.4 Å². The van der Waals surface area contributed by atoms with Crippen LogP contribution in [0.3, 0.4) is 0 Å². The second-order valence-electron chi connectivity index (χ2n) is 6.73. The highest BCUT2D eigenvalue weighted by atomic mass is 16.6. The lowest BCUT2D eigenvalue weighted by Crippen LogP contribution is -2.15. The summed E-state index contributed by atoms with van der Waals surface area (Å²) >= 11 is 0. The minimum absolute atomic E-state index is 0.0352. The summed E-state index contributed by atoms with van der Waals surface area (Å²) in [5.74, 6) is -1.14. The summed E-state index contributed by atoms with van der Waals surface area (Å²) < 4.78 is 5.76. The van der Waals surface area contributed by atoms with E-state index in [1.807, 2.05) is 19.1 Å². The van der Waals surface area contributed by atoms with E-state index < -0.39 is 16.6 Å². The number of hydrogen-bond acceptors (Lipinski definition) is 5. The standard InChI is InChI=1S/C23H16N2O5/c1-14-10-12-15(13-11-14)21(26)22-20(17-7-3-5-9-19(17)30-22)24-23(27)16-6-2-4-8-18(16)25(28)29/h2-13H,1H3,(H,24,27). The number of nitro groups is 1. The molecule has 0 fully saturated rings. The molecule has 0 atom stereocenters. The Morgan fingerprint density at radius 1 is 0.933 bits per heavy atom. The van der Waals surface area contributed by atoms with Crippen LogP contribution in [0.2, 0.25) is 0 Å².